The number of hydrogen-bond donors (Lipinski definition) is 8. The molecule has 3 rings (SSSR count). The summed E-state index contributed by atoms with van der Waals surface area (Å²) in [7, 11) is 0. The van der Waals surface area contributed by atoms with Gasteiger partial charge in [-0.25, -0.2) is 0 Å². The zero-order chi connectivity index (χ0) is 39.6. The maximum absolute atomic E-state index is 13.6. The highest BCUT2D eigenvalue weighted by Crippen LogP contribution is 2.12. The van der Waals surface area contributed by atoms with Crippen molar-refractivity contribution < 1.29 is 38.4 Å². The number of nitrogens with one attached hydrogen (secondary N) is 8. The molecule has 0 unspecified atom stereocenters. The first kappa shape index (κ1) is 42.6. The van der Waals surface area contributed by atoms with Gasteiger partial charge in [-0.05, 0) is 23.0 Å². The van der Waals surface area contributed by atoms with Crippen molar-refractivity contribution in [2.45, 2.75) is 77.5 Å². The molecular weight excluding hydrogens is 696 g/mol. The van der Waals surface area contributed by atoms with Crippen molar-refractivity contribution >= 4 is 47.3 Å². The fourth-order valence-corrected chi connectivity index (χ4v) is 5.56. The average molecular weight is 749 g/mol. The van der Waals surface area contributed by atoms with Crippen molar-refractivity contribution in [3.05, 3.63) is 71.8 Å². The summed E-state index contributed by atoms with van der Waals surface area (Å²) in [6.45, 7) is 5.06. The Hall–Kier alpha value is -5.80. The molecule has 2 aromatic rings. The van der Waals surface area contributed by atoms with E-state index in [0.717, 1.165) is 11.1 Å². The normalized spacial score (nSPS) is 23.0. The molecule has 2 aromatic carbocycles. The van der Waals surface area contributed by atoms with Crippen LogP contribution in [0.3, 0.4) is 0 Å². The monoisotopic (exact) mass is 748 g/mol. The molecular formula is C38H52N8O8. The predicted octanol–water partition coefficient (Wildman–Crippen LogP) is -1.02. The van der Waals surface area contributed by atoms with Crippen LogP contribution in [0.2, 0.25) is 0 Å². The van der Waals surface area contributed by atoms with Crippen molar-refractivity contribution in [3.8, 4) is 0 Å². The Morgan fingerprint density at radius 2 is 0.796 bits per heavy atom. The van der Waals surface area contributed by atoms with Gasteiger partial charge in [0.25, 0.3) is 0 Å². The van der Waals surface area contributed by atoms with Crippen LogP contribution in [-0.4, -0.2) is 97.6 Å². The third-order valence-corrected chi connectivity index (χ3v) is 9.19. The van der Waals surface area contributed by atoms with Crippen LogP contribution in [0.5, 0.6) is 0 Å². The second-order valence-electron chi connectivity index (χ2n) is 13.4. The van der Waals surface area contributed by atoms with Crippen molar-refractivity contribution in [2.75, 3.05) is 26.2 Å². The second-order valence-corrected chi connectivity index (χ2v) is 13.4. The largest absolute Gasteiger partial charge is 0.346 e. The predicted molar refractivity (Wildman–Crippen MR) is 199 cm³/mol. The lowest BCUT2D eigenvalue weighted by Crippen LogP contribution is -2.58. The van der Waals surface area contributed by atoms with E-state index in [1.54, 1.807) is 74.5 Å². The van der Waals surface area contributed by atoms with Crippen molar-refractivity contribution in [3.63, 3.8) is 0 Å². The molecule has 0 radical (unpaired) electrons. The number of carbonyl (C=O) groups is 8. The molecule has 0 bridgehead atoms. The van der Waals surface area contributed by atoms with Crippen LogP contribution in [0.15, 0.2) is 60.7 Å². The Morgan fingerprint density at radius 3 is 1.13 bits per heavy atom. The third-order valence-electron chi connectivity index (χ3n) is 9.19. The van der Waals surface area contributed by atoms with Gasteiger partial charge in [0, 0.05) is 12.8 Å². The fourth-order valence-electron chi connectivity index (χ4n) is 5.56. The van der Waals surface area contributed by atoms with Gasteiger partial charge in [0.2, 0.25) is 47.3 Å². The van der Waals surface area contributed by atoms with E-state index in [4.69, 9.17) is 0 Å². The number of hydrogen-bond acceptors (Lipinski definition) is 8. The fraction of sp³-hybridized carbons (Fsp3) is 0.474. The summed E-state index contributed by atoms with van der Waals surface area (Å²) in [5, 5.41) is 20.5. The van der Waals surface area contributed by atoms with Crippen molar-refractivity contribution in [1.29, 1.82) is 0 Å². The first-order chi connectivity index (χ1) is 25.8. The number of carbonyl (C=O) groups excluding carboxylic acids is 8. The maximum Gasteiger partial charge on any atom is 0.243 e. The number of benzene rings is 2. The van der Waals surface area contributed by atoms with E-state index in [2.05, 4.69) is 42.5 Å². The molecule has 16 heteroatoms. The van der Waals surface area contributed by atoms with E-state index in [-0.39, 0.29) is 24.7 Å². The molecule has 1 aliphatic heterocycles. The van der Waals surface area contributed by atoms with Crippen LogP contribution in [0.1, 0.15) is 51.7 Å². The zero-order valence-electron chi connectivity index (χ0n) is 31.2. The summed E-state index contributed by atoms with van der Waals surface area (Å²) >= 11 is 0. The molecule has 0 saturated carbocycles. The quantitative estimate of drug-likeness (QED) is 0.166. The van der Waals surface area contributed by atoms with Gasteiger partial charge in [0.05, 0.1) is 26.2 Å². The Bertz CT molecular complexity index is 1500. The van der Waals surface area contributed by atoms with Crippen molar-refractivity contribution in [1.82, 2.24) is 42.5 Å². The van der Waals surface area contributed by atoms with Gasteiger partial charge in [0.1, 0.15) is 24.2 Å². The van der Waals surface area contributed by atoms with Gasteiger partial charge >= 0.3 is 0 Å². The van der Waals surface area contributed by atoms with E-state index in [1.807, 2.05) is 13.8 Å². The van der Waals surface area contributed by atoms with Gasteiger partial charge in [-0.3, -0.25) is 38.4 Å². The molecule has 1 aliphatic rings. The Morgan fingerprint density at radius 1 is 0.463 bits per heavy atom. The highest BCUT2D eigenvalue weighted by molar-refractivity contribution is 5.97. The van der Waals surface area contributed by atoms with Crippen LogP contribution in [0.25, 0.3) is 0 Å². The molecule has 292 valence electrons. The maximum atomic E-state index is 13.6. The molecule has 1 saturated heterocycles. The minimum atomic E-state index is -1.14. The van der Waals surface area contributed by atoms with Crippen LogP contribution in [-0.2, 0) is 51.2 Å². The molecule has 1 fully saturated rings. The van der Waals surface area contributed by atoms with Gasteiger partial charge in [-0.15, -0.1) is 0 Å². The summed E-state index contributed by atoms with van der Waals surface area (Å²) in [6, 6.07) is 13.3. The molecule has 1 heterocycles. The molecule has 6 atom stereocenters. The molecule has 54 heavy (non-hydrogen) atoms. The topological polar surface area (TPSA) is 233 Å². The summed E-state index contributed by atoms with van der Waals surface area (Å²) in [6.07, 6.45) is 1.10. The Kier molecular flexibility index (Phi) is 17.1. The van der Waals surface area contributed by atoms with Crippen molar-refractivity contribution in [2.24, 2.45) is 11.8 Å². The van der Waals surface area contributed by atoms with Gasteiger partial charge in [-0.2, -0.15) is 0 Å². The van der Waals surface area contributed by atoms with Gasteiger partial charge < -0.3 is 42.5 Å². The molecule has 8 amide bonds. The molecule has 0 aromatic heterocycles. The smallest absolute Gasteiger partial charge is 0.243 e. The zero-order valence-corrected chi connectivity index (χ0v) is 31.2. The van der Waals surface area contributed by atoms with Gasteiger partial charge in [-0.1, -0.05) is 101 Å². The van der Waals surface area contributed by atoms with E-state index >= 15 is 0 Å². The van der Waals surface area contributed by atoms with Crippen LogP contribution < -0.4 is 42.5 Å². The lowest BCUT2D eigenvalue weighted by molar-refractivity contribution is -0.134. The number of rotatable bonds is 8. The highest BCUT2D eigenvalue weighted by atomic mass is 16.2. The molecule has 0 aliphatic carbocycles. The van der Waals surface area contributed by atoms with Gasteiger partial charge in [0.15, 0.2) is 0 Å². The van der Waals surface area contributed by atoms with Crippen LogP contribution >= 0.6 is 0 Å². The average Bonchev–Trinajstić information content (AvgIpc) is 3.17. The van der Waals surface area contributed by atoms with E-state index in [0.29, 0.717) is 12.8 Å². The lowest BCUT2D eigenvalue weighted by atomic mass is 9.97. The summed E-state index contributed by atoms with van der Waals surface area (Å²) in [5.74, 6) is -6.17. The summed E-state index contributed by atoms with van der Waals surface area (Å²) in [5.41, 5.74) is 1.44. The van der Waals surface area contributed by atoms with Crippen LogP contribution in [0.4, 0.5) is 0 Å². The second kappa shape index (κ2) is 21.7. The Balaban J connectivity index is 1.87. The molecule has 0 spiro atoms. The molecule has 8 N–H and O–H groups in total. The minimum Gasteiger partial charge on any atom is -0.346 e. The SMILES string of the molecule is CC[C@H](C)[C@@H]1NC(=O)CNC(=O)CNC(=O)[C@H](Cc2ccccc2)NC(=O)[C@H]([C@@H](C)CC)NC(=O)CNC(=O)CNC(=O)[C@H](Cc2ccccc2)NC1=O. The van der Waals surface area contributed by atoms with E-state index in [9.17, 15) is 38.4 Å². The standard InChI is InChI=1S/C38H52N8O8/c1-5-23(3)33-37(53)43-27(17-25-13-9-7-10-14-25)35(51)41-20-30(48)40-22-32(50)46-34(24(4)6-2)38(54)44-28(18-26-15-11-8-12-16-26)36(52)42-19-29(47)39-21-31(49)45-33/h7-16,23-24,27-28,33-34H,5-6,17-22H2,1-4H3,(H,39,47)(H,40,48)(H,41,51)(H,42,52)(H,43,53)(H,44,54)(H,45,49)(H,46,50)/t23-,24-,27-,28-,33-,34-/m0/s1. The third kappa shape index (κ3) is 14.0. The molecule has 16 nitrogen and oxygen atoms in total. The number of amides is 8. The summed E-state index contributed by atoms with van der Waals surface area (Å²) < 4.78 is 0. The highest BCUT2D eigenvalue weighted by Gasteiger charge is 2.32. The minimum absolute atomic E-state index is 0.0661. The van der Waals surface area contributed by atoms with E-state index in [1.165, 1.54) is 0 Å². The first-order valence-corrected chi connectivity index (χ1v) is 18.2. The van der Waals surface area contributed by atoms with Crippen LogP contribution in [0, 0.1) is 11.8 Å². The van der Waals surface area contributed by atoms with E-state index < -0.39 is 97.6 Å². The lowest BCUT2D eigenvalue weighted by Gasteiger charge is -2.27. The summed E-state index contributed by atoms with van der Waals surface area (Å²) in [4.78, 5) is 105. The first-order valence-electron chi connectivity index (χ1n) is 18.2. The Labute approximate surface area is 315 Å².